The maximum atomic E-state index is 11.4. The molecule has 1 aromatic carbocycles. The van der Waals surface area contributed by atoms with Gasteiger partial charge in [-0.2, -0.15) is 0 Å². The number of aromatic nitrogens is 2. The van der Waals surface area contributed by atoms with E-state index in [0.717, 1.165) is 23.1 Å². The fraction of sp³-hybridized carbons (Fsp3) is 0.400. The van der Waals surface area contributed by atoms with Gasteiger partial charge in [0, 0.05) is 0 Å². The van der Waals surface area contributed by atoms with Crippen LogP contribution in [0.3, 0.4) is 0 Å². The van der Waals surface area contributed by atoms with Crippen LogP contribution in [0, 0.1) is 6.92 Å². The minimum Gasteiger partial charge on any atom is -0.484 e. The minimum absolute atomic E-state index is 0.131. The second-order valence-electron chi connectivity index (χ2n) is 4.84. The zero-order valence-electron chi connectivity index (χ0n) is 12.7. The molecule has 0 atom stereocenters. The topological polar surface area (TPSA) is 74.5 Å². The van der Waals surface area contributed by atoms with Gasteiger partial charge in [-0.3, -0.25) is 4.79 Å². The Kier molecular flexibility index (Phi) is 5.83. The van der Waals surface area contributed by atoms with Gasteiger partial charge in [0.05, 0.1) is 6.10 Å². The average molecular weight is 322 g/mol. The zero-order valence-corrected chi connectivity index (χ0v) is 13.6. The molecule has 0 spiro atoms. The molecule has 6 nitrogen and oxygen atoms in total. The number of ether oxygens (including phenoxy) is 2. The van der Waals surface area contributed by atoms with E-state index in [0.29, 0.717) is 11.1 Å². The summed E-state index contributed by atoms with van der Waals surface area (Å²) in [7, 11) is 0. The standard InChI is InChI=1S/C15H18N2O4S/c1-10(2)20-14(18)9-22-15-17-16-13(21-15)8-19-12-7-5-4-6-11(12)3/h4-7,10H,8-9H2,1-3H3. The molecular formula is C15H18N2O4S. The molecule has 0 fully saturated rings. The first-order chi connectivity index (χ1) is 10.5. The first-order valence-electron chi connectivity index (χ1n) is 6.87. The molecule has 0 aliphatic heterocycles. The largest absolute Gasteiger partial charge is 0.484 e. The molecule has 1 aromatic heterocycles. The van der Waals surface area contributed by atoms with E-state index < -0.39 is 0 Å². The van der Waals surface area contributed by atoms with Gasteiger partial charge in [0.15, 0.2) is 6.61 Å². The maximum Gasteiger partial charge on any atom is 0.316 e. The highest BCUT2D eigenvalue weighted by atomic mass is 32.2. The predicted octanol–water partition coefficient (Wildman–Crippen LogP) is 3.00. The van der Waals surface area contributed by atoms with Crippen molar-refractivity contribution in [2.75, 3.05) is 5.75 Å². The lowest BCUT2D eigenvalue weighted by Crippen LogP contribution is -2.13. The summed E-state index contributed by atoms with van der Waals surface area (Å²) < 4.78 is 16.0. The van der Waals surface area contributed by atoms with Crippen molar-refractivity contribution >= 4 is 17.7 Å². The van der Waals surface area contributed by atoms with Crippen LogP contribution in [0.5, 0.6) is 5.75 Å². The van der Waals surface area contributed by atoms with E-state index in [1.54, 1.807) is 13.8 Å². The quantitative estimate of drug-likeness (QED) is 0.573. The highest BCUT2D eigenvalue weighted by Crippen LogP contribution is 2.20. The Morgan fingerprint density at radius 3 is 2.82 bits per heavy atom. The number of para-hydroxylation sites is 1. The molecule has 1 heterocycles. The molecule has 118 valence electrons. The van der Waals surface area contributed by atoms with Gasteiger partial charge in [-0.25, -0.2) is 0 Å². The van der Waals surface area contributed by atoms with Crippen LogP contribution in [0.15, 0.2) is 33.9 Å². The summed E-state index contributed by atoms with van der Waals surface area (Å²) in [5.74, 6) is 0.965. The number of esters is 1. The summed E-state index contributed by atoms with van der Waals surface area (Å²) in [5.41, 5.74) is 1.04. The summed E-state index contributed by atoms with van der Waals surface area (Å²) in [5, 5.41) is 8.07. The molecule has 0 aliphatic rings. The predicted molar refractivity (Wildman–Crippen MR) is 81.8 cm³/mol. The number of benzene rings is 1. The van der Waals surface area contributed by atoms with Gasteiger partial charge in [-0.15, -0.1) is 10.2 Å². The van der Waals surface area contributed by atoms with Crippen LogP contribution in [0.4, 0.5) is 0 Å². The van der Waals surface area contributed by atoms with Crippen molar-refractivity contribution in [1.29, 1.82) is 0 Å². The number of carbonyl (C=O) groups is 1. The Hall–Kier alpha value is -2.02. The molecule has 22 heavy (non-hydrogen) atoms. The lowest BCUT2D eigenvalue weighted by atomic mass is 10.2. The van der Waals surface area contributed by atoms with Crippen molar-refractivity contribution < 1.29 is 18.7 Å². The van der Waals surface area contributed by atoms with Crippen LogP contribution in [0.2, 0.25) is 0 Å². The Labute approximate surface area is 133 Å². The second-order valence-corrected chi connectivity index (χ2v) is 5.77. The fourth-order valence-electron chi connectivity index (χ4n) is 1.63. The highest BCUT2D eigenvalue weighted by molar-refractivity contribution is 7.99. The van der Waals surface area contributed by atoms with E-state index in [-0.39, 0.29) is 24.4 Å². The van der Waals surface area contributed by atoms with E-state index in [1.165, 1.54) is 0 Å². The van der Waals surface area contributed by atoms with E-state index >= 15 is 0 Å². The van der Waals surface area contributed by atoms with Crippen LogP contribution in [-0.2, 0) is 16.1 Å². The summed E-state index contributed by atoms with van der Waals surface area (Å²) in [6, 6.07) is 7.69. The molecule has 2 aromatic rings. The summed E-state index contributed by atoms with van der Waals surface area (Å²) in [4.78, 5) is 11.4. The van der Waals surface area contributed by atoms with Gasteiger partial charge in [0.2, 0.25) is 0 Å². The number of thioether (sulfide) groups is 1. The third-order valence-electron chi connectivity index (χ3n) is 2.57. The summed E-state index contributed by atoms with van der Waals surface area (Å²) in [6.07, 6.45) is -0.131. The number of hydrogen-bond donors (Lipinski definition) is 0. The highest BCUT2D eigenvalue weighted by Gasteiger charge is 2.12. The monoisotopic (exact) mass is 322 g/mol. The van der Waals surface area contributed by atoms with E-state index in [9.17, 15) is 4.79 Å². The van der Waals surface area contributed by atoms with Crippen molar-refractivity contribution in [1.82, 2.24) is 10.2 Å². The van der Waals surface area contributed by atoms with Crippen LogP contribution >= 0.6 is 11.8 Å². The second kappa shape index (κ2) is 7.84. The Morgan fingerprint density at radius 2 is 2.09 bits per heavy atom. The lowest BCUT2D eigenvalue weighted by molar-refractivity contribution is -0.144. The number of aryl methyl sites for hydroxylation is 1. The molecule has 0 aliphatic carbocycles. The van der Waals surface area contributed by atoms with Gasteiger partial charge < -0.3 is 13.9 Å². The van der Waals surface area contributed by atoms with E-state index in [1.807, 2.05) is 31.2 Å². The SMILES string of the molecule is Cc1ccccc1OCc1nnc(SCC(=O)OC(C)C)o1. The summed E-state index contributed by atoms with van der Waals surface area (Å²) >= 11 is 1.15. The fourth-order valence-corrected chi connectivity index (χ4v) is 2.19. The number of nitrogens with zero attached hydrogens (tertiary/aromatic N) is 2. The zero-order chi connectivity index (χ0) is 15.9. The molecule has 0 N–H and O–H groups in total. The third kappa shape index (κ3) is 5.07. The maximum absolute atomic E-state index is 11.4. The Balaban J connectivity index is 1.81. The first-order valence-corrected chi connectivity index (χ1v) is 7.86. The van der Waals surface area contributed by atoms with E-state index in [4.69, 9.17) is 13.9 Å². The van der Waals surface area contributed by atoms with Crippen LogP contribution < -0.4 is 4.74 Å². The number of hydrogen-bond acceptors (Lipinski definition) is 7. The van der Waals surface area contributed by atoms with Crippen molar-refractivity contribution in [2.24, 2.45) is 0 Å². The smallest absolute Gasteiger partial charge is 0.316 e. The minimum atomic E-state index is -0.309. The molecular weight excluding hydrogens is 304 g/mol. The van der Waals surface area contributed by atoms with Gasteiger partial charge in [-0.1, -0.05) is 30.0 Å². The van der Waals surface area contributed by atoms with Gasteiger partial charge in [0.25, 0.3) is 11.1 Å². The van der Waals surface area contributed by atoms with Crippen LogP contribution in [-0.4, -0.2) is 28.0 Å². The Bertz CT molecular complexity index is 628. The third-order valence-corrected chi connectivity index (χ3v) is 3.37. The first kappa shape index (κ1) is 16.4. The molecule has 0 amide bonds. The number of carbonyl (C=O) groups excluding carboxylic acids is 1. The lowest BCUT2D eigenvalue weighted by Gasteiger charge is -2.06. The van der Waals surface area contributed by atoms with Crippen molar-refractivity contribution in [3.8, 4) is 5.75 Å². The van der Waals surface area contributed by atoms with Crippen molar-refractivity contribution in [3.05, 3.63) is 35.7 Å². The van der Waals surface area contributed by atoms with Crippen molar-refractivity contribution in [2.45, 2.75) is 38.7 Å². The molecule has 0 radical (unpaired) electrons. The van der Waals surface area contributed by atoms with Crippen LogP contribution in [0.25, 0.3) is 0 Å². The van der Waals surface area contributed by atoms with Crippen LogP contribution in [0.1, 0.15) is 25.3 Å². The number of rotatable bonds is 7. The van der Waals surface area contributed by atoms with Gasteiger partial charge >= 0.3 is 5.97 Å². The molecule has 0 saturated carbocycles. The molecule has 0 unspecified atom stereocenters. The molecule has 0 bridgehead atoms. The van der Waals surface area contributed by atoms with Gasteiger partial charge in [0.1, 0.15) is 11.5 Å². The summed E-state index contributed by atoms with van der Waals surface area (Å²) in [6.45, 7) is 5.76. The molecule has 2 rings (SSSR count). The van der Waals surface area contributed by atoms with E-state index in [2.05, 4.69) is 10.2 Å². The normalized spacial score (nSPS) is 10.7. The average Bonchev–Trinajstić information content (AvgIpc) is 2.91. The van der Waals surface area contributed by atoms with Gasteiger partial charge in [-0.05, 0) is 32.4 Å². The molecule has 7 heteroatoms. The Morgan fingerprint density at radius 1 is 1.32 bits per heavy atom. The molecule has 0 saturated heterocycles. The van der Waals surface area contributed by atoms with Crippen molar-refractivity contribution in [3.63, 3.8) is 0 Å².